The molecular weight excluding hydrogens is 726 g/mol. The van der Waals surface area contributed by atoms with E-state index in [1.807, 2.05) is 42.7 Å². The van der Waals surface area contributed by atoms with Crippen LogP contribution in [0.1, 0.15) is 71.4 Å². The number of nitrogens with one attached hydrogen (secondary N) is 3. The molecule has 1 aromatic carbocycles. The summed E-state index contributed by atoms with van der Waals surface area (Å²) in [5.41, 5.74) is -0.109. The number of hydrogen-bond donors (Lipinski definition) is 4. The Morgan fingerprint density at radius 2 is 1.91 bits per heavy atom. The zero-order chi connectivity index (χ0) is 38.0. The number of aryl methyl sites for hydroxylation is 1. The van der Waals surface area contributed by atoms with E-state index in [0.717, 1.165) is 17.6 Å². The lowest BCUT2D eigenvalue weighted by molar-refractivity contribution is -0.142. The Morgan fingerprint density at radius 3 is 2.62 bits per heavy atom. The Hall–Kier alpha value is -4.44. The van der Waals surface area contributed by atoms with Crippen LogP contribution in [0.15, 0.2) is 36.5 Å². The lowest BCUT2D eigenvalue weighted by Crippen LogP contribution is -2.59. The van der Waals surface area contributed by atoms with Crippen LogP contribution in [-0.4, -0.2) is 91.6 Å². The van der Waals surface area contributed by atoms with Gasteiger partial charge in [-0.25, -0.2) is 18.2 Å². The molecule has 0 bridgehead atoms. The van der Waals surface area contributed by atoms with Crippen LogP contribution in [0.2, 0.25) is 5.02 Å². The Balaban J connectivity index is 1.25. The Labute approximate surface area is 311 Å². The number of carbonyl (C=O) groups is 4. The summed E-state index contributed by atoms with van der Waals surface area (Å²) >= 11 is 6.39. The molecule has 0 spiro atoms. The first-order chi connectivity index (χ1) is 25.0. The average molecular weight is 770 g/mol. The monoisotopic (exact) mass is 769 g/mol. The van der Waals surface area contributed by atoms with Crippen LogP contribution < -0.4 is 20.1 Å². The number of benzene rings is 1. The van der Waals surface area contributed by atoms with Gasteiger partial charge in [0.15, 0.2) is 0 Å². The number of carbonyl (C=O) groups excluding carboxylic acids is 3. The third-order valence-electron chi connectivity index (χ3n) is 11.3. The van der Waals surface area contributed by atoms with Gasteiger partial charge in [-0.2, -0.15) is 4.98 Å². The van der Waals surface area contributed by atoms with Crippen molar-refractivity contribution < 1.29 is 37.4 Å². The second-order valence-corrected chi connectivity index (χ2v) is 18.2. The molecule has 17 heteroatoms. The molecule has 2 aliphatic heterocycles. The first-order valence-electron chi connectivity index (χ1n) is 18.0. The van der Waals surface area contributed by atoms with E-state index in [1.165, 1.54) is 4.90 Å². The van der Waals surface area contributed by atoms with Crippen LogP contribution >= 0.6 is 11.6 Å². The molecule has 3 fully saturated rings. The first-order valence-corrected chi connectivity index (χ1v) is 19.8. The van der Waals surface area contributed by atoms with Gasteiger partial charge in [0, 0.05) is 23.6 Å². The third kappa shape index (κ3) is 7.02. The van der Waals surface area contributed by atoms with Gasteiger partial charge in [-0.15, -0.1) is 0 Å². The number of nitrogens with zero attached hydrogens (tertiary/aromatic N) is 4. The molecule has 7 atom stereocenters. The van der Waals surface area contributed by atoms with Crippen LogP contribution in [0.25, 0.3) is 16.7 Å². The number of halogens is 1. The molecule has 53 heavy (non-hydrogen) atoms. The fourth-order valence-electron chi connectivity index (χ4n) is 7.76. The zero-order valence-electron chi connectivity index (χ0n) is 30.0. The lowest BCUT2D eigenvalue weighted by atomic mass is 9.88. The second-order valence-electron chi connectivity index (χ2n) is 15.5. The van der Waals surface area contributed by atoms with Gasteiger partial charge < -0.3 is 25.4 Å². The number of carboxylic acid groups (broad SMARTS) is 1. The van der Waals surface area contributed by atoms with Gasteiger partial charge >= 0.3 is 6.09 Å². The summed E-state index contributed by atoms with van der Waals surface area (Å²) in [7, 11) is -4.01. The molecule has 0 radical (unpaired) electrons. The van der Waals surface area contributed by atoms with Gasteiger partial charge in [-0.3, -0.25) is 23.5 Å². The summed E-state index contributed by atoms with van der Waals surface area (Å²) in [5, 5.41) is 16.1. The second kappa shape index (κ2) is 13.4. The van der Waals surface area contributed by atoms with Gasteiger partial charge in [0.2, 0.25) is 33.5 Å². The molecule has 2 aromatic heterocycles. The number of fused-ring (bicyclic) bond motifs is 5. The van der Waals surface area contributed by atoms with Crippen molar-refractivity contribution in [2.75, 3.05) is 6.54 Å². The molecule has 2 saturated carbocycles. The molecule has 0 unspecified atom stereocenters. The van der Waals surface area contributed by atoms with Crippen LogP contribution in [0.4, 0.5) is 4.79 Å². The summed E-state index contributed by atoms with van der Waals surface area (Å²) in [6.45, 7) is 7.14. The molecule has 7 rings (SSSR count). The van der Waals surface area contributed by atoms with Crippen molar-refractivity contribution in [1.82, 2.24) is 34.6 Å². The summed E-state index contributed by atoms with van der Waals surface area (Å²) in [6.07, 6.45) is 6.31. The molecule has 284 valence electrons. The highest BCUT2D eigenvalue weighted by Gasteiger charge is 2.63. The smallest absolute Gasteiger partial charge is 0.405 e. The molecule has 4 N–H and O–H groups in total. The van der Waals surface area contributed by atoms with Crippen molar-refractivity contribution in [3.8, 4) is 5.88 Å². The molecular formula is C36H44ClN7O8S. The predicted molar refractivity (Wildman–Crippen MR) is 195 cm³/mol. The topological polar surface area (TPSA) is 201 Å². The molecule has 2 aliphatic carbocycles. The Kier molecular flexibility index (Phi) is 9.36. The van der Waals surface area contributed by atoms with E-state index in [0.29, 0.717) is 41.9 Å². The van der Waals surface area contributed by atoms with E-state index in [1.54, 1.807) is 26.0 Å². The van der Waals surface area contributed by atoms with Crippen molar-refractivity contribution in [2.45, 2.75) is 101 Å². The van der Waals surface area contributed by atoms with Crippen molar-refractivity contribution in [1.29, 1.82) is 0 Å². The van der Waals surface area contributed by atoms with E-state index < -0.39 is 74.1 Å². The van der Waals surface area contributed by atoms with Gasteiger partial charge in [0.1, 0.15) is 23.7 Å². The van der Waals surface area contributed by atoms with Gasteiger partial charge in [-0.05, 0) is 82.4 Å². The number of amides is 4. The number of sulfonamides is 1. The van der Waals surface area contributed by atoms with Crippen molar-refractivity contribution >= 4 is 62.1 Å². The molecule has 4 heterocycles. The van der Waals surface area contributed by atoms with Crippen LogP contribution in [-0.2, 0) is 24.4 Å². The Bertz CT molecular complexity index is 2150. The fourth-order valence-corrected chi connectivity index (χ4v) is 9.24. The maximum Gasteiger partial charge on any atom is 0.405 e. The summed E-state index contributed by atoms with van der Waals surface area (Å²) in [4.78, 5) is 65.2. The highest BCUT2D eigenvalue weighted by Crippen LogP contribution is 2.47. The van der Waals surface area contributed by atoms with E-state index in [-0.39, 0.29) is 31.2 Å². The minimum Gasteiger partial charge on any atom is -0.472 e. The van der Waals surface area contributed by atoms with Gasteiger partial charge in [0.05, 0.1) is 27.9 Å². The van der Waals surface area contributed by atoms with Crippen molar-refractivity contribution in [3.05, 3.63) is 47.3 Å². The standard InChI is InChI=1S/C36H44ClN7O8S/c1-19-7-5-6-8-22-16-36(22,32(47)42-53(50,51)35(4)11-12-35)41-29(45)27-15-24(18-43(27)31(46)28(20(2)13-19)39-34(48)49)52-30-25-14-23(37)9-10-26(25)44-17-21(3)38-33(44)40-30/h6,8-10,14,17,19-20,22,24,27-28,39H,5,7,11-13,15-16,18H2,1-4H3,(H,41,45)(H,42,47)(H,48,49)/t19-,20+,22+,24+,27-,28-,36+/m0/s1. The van der Waals surface area contributed by atoms with Crippen LogP contribution in [0.5, 0.6) is 5.88 Å². The number of hydrogen-bond acceptors (Lipinski definition) is 9. The van der Waals surface area contributed by atoms with Gasteiger partial charge in [0.25, 0.3) is 5.91 Å². The maximum absolute atomic E-state index is 14.5. The number of imidazole rings is 1. The quantitative estimate of drug-likeness (QED) is 0.268. The molecule has 3 aromatic rings. The van der Waals surface area contributed by atoms with E-state index >= 15 is 0 Å². The minimum atomic E-state index is -4.01. The predicted octanol–water partition coefficient (Wildman–Crippen LogP) is 3.71. The Morgan fingerprint density at radius 1 is 1.15 bits per heavy atom. The number of aromatic nitrogens is 3. The number of ether oxygens (including phenoxy) is 1. The molecule has 15 nitrogen and oxygen atoms in total. The highest BCUT2D eigenvalue weighted by atomic mass is 35.5. The number of rotatable bonds is 6. The molecule has 1 saturated heterocycles. The highest BCUT2D eigenvalue weighted by molar-refractivity contribution is 7.91. The zero-order valence-corrected chi connectivity index (χ0v) is 31.5. The van der Waals surface area contributed by atoms with Crippen LogP contribution in [0.3, 0.4) is 0 Å². The first kappa shape index (κ1) is 36.9. The van der Waals surface area contributed by atoms with Crippen molar-refractivity contribution in [2.24, 2.45) is 17.8 Å². The van der Waals surface area contributed by atoms with Gasteiger partial charge in [-0.1, -0.05) is 37.6 Å². The summed E-state index contributed by atoms with van der Waals surface area (Å²) < 4.78 is 35.7. The SMILES string of the molecule is Cc1cn2c(n1)nc(O[C@@H]1C[C@H]3C(=O)N[C@]4(C(=O)NS(=O)(=O)C5(C)CC5)C[C@H]4C=CCC[C@H](C)C[C@@H](C)[C@H](NC(=O)O)C(=O)N3C1)c1cc(Cl)ccc12. The third-order valence-corrected chi connectivity index (χ3v) is 13.7. The van der Waals surface area contributed by atoms with Crippen molar-refractivity contribution in [3.63, 3.8) is 0 Å². The summed E-state index contributed by atoms with van der Waals surface area (Å²) in [5.74, 6) is -2.35. The van der Waals surface area contributed by atoms with E-state index in [4.69, 9.17) is 16.3 Å². The molecule has 4 aliphatic rings. The van der Waals surface area contributed by atoms with Crippen LogP contribution in [0, 0.1) is 24.7 Å². The lowest BCUT2D eigenvalue weighted by Gasteiger charge is -2.32. The minimum absolute atomic E-state index is 0.0287. The maximum atomic E-state index is 14.5. The number of allylic oxidation sites excluding steroid dienone is 1. The average Bonchev–Trinajstić information content (AvgIpc) is 3.90. The summed E-state index contributed by atoms with van der Waals surface area (Å²) in [6, 6.07) is 2.88. The van der Waals surface area contributed by atoms with E-state index in [9.17, 15) is 32.7 Å². The normalized spacial score (nSPS) is 30.1. The fraction of sp³-hybridized carbons (Fsp3) is 0.556. The van der Waals surface area contributed by atoms with E-state index in [2.05, 4.69) is 25.3 Å². The molecule has 4 amide bonds. The largest absolute Gasteiger partial charge is 0.472 e.